The van der Waals surface area contributed by atoms with Crippen molar-refractivity contribution >= 4 is 0 Å². The van der Waals surface area contributed by atoms with Crippen LogP contribution in [0.25, 0.3) is 0 Å². The Hall–Kier alpha value is -2.12. The fourth-order valence-corrected chi connectivity index (χ4v) is 2.35. The molecule has 0 amide bonds. The van der Waals surface area contributed by atoms with Crippen LogP contribution in [0.3, 0.4) is 0 Å². The zero-order chi connectivity index (χ0) is 17.7. The van der Waals surface area contributed by atoms with Gasteiger partial charge in [-0.05, 0) is 47.6 Å². The molecule has 0 aromatic heterocycles. The fraction of sp³-hybridized carbons (Fsp3) is 0.273. The summed E-state index contributed by atoms with van der Waals surface area (Å²) in [6.07, 6.45) is 9.61. The molecule has 0 atom stereocenters. The number of allylic oxidation sites excluding steroid dienone is 7. The van der Waals surface area contributed by atoms with E-state index in [-0.39, 0.29) is 0 Å². The van der Waals surface area contributed by atoms with Gasteiger partial charge in [-0.1, -0.05) is 82.2 Å². The van der Waals surface area contributed by atoms with Crippen molar-refractivity contribution in [2.24, 2.45) is 5.73 Å². The van der Waals surface area contributed by atoms with Crippen molar-refractivity contribution in [3.05, 3.63) is 96.2 Å². The number of hydrogen-bond donors (Lipinski definition) is 1. The van der Waals surface area contributed by atoms with E-state index in [0.29, 0.717) is 6.54 Å². The maximum Gasteiger partial charge on any atom is 0.0180 e. The van der Waals surface area contributed by atoms with E-state index in [0.717, 1.165) is 24.0 Å². The van der Waals surface area contributed by atoms with Gasteiger partial charge in [0.1, 0.15) is 0 Å². The maximum absolute atomic E-state index is 5.80. The lowest BCUT2D eigenvalue weighted by Crippen LogP contribution is -2.02. The minimum absolute atomic E-state index is 0.579. The molecule has 0 saturated heterocycles. The van der Waals surface area contributed by atoms with E-state index < -0.39 is 0 Å². The second-order valence-electron chi connectivity index (χ2n) is 4.83. The highest BCUT2D eigenvalue weighted by atomic mass is 14.5. The van der Waals surface area contributed by atoms with E-state index in [1.165, 1.54) is 16.7 Å². The van der Waals surface area contributed by atoms with Gasteiger partial charge >= 0.3 is 0 Å². The van der Waals surface area contributed by atoms with Gasteiger partial charge in [0, 0.05) is 6.54 Å². The van der Waals surface area contributed by atoms with Crippen molar-refractivity contribution in [2.75, 3.05) is 0 Å². The minimum atomic E-state index is 0.579. The first kappa shape index (κ1) is 20.9. The molecule has 23 heavy (non-hydrogen) atoms. The van der Waals surface area contributed by atoms with Crippen molar-refractivity contribution in [1.82, 2.24) is 0 Å². The van der Waals surface area contributed by atoms with Gasteiger partial charge in [0.15, 0.2) is 0 Å². The zero-order valence-electron chi connectivity index (χ0n) is 14.9. The molecule has 1 aromatic carbocycles. The third-order valence-electron chi connectivity index (χ3n) is 3.57. The van der Waals surface area contributed by atoms with Gasteiger partial charge < -0.3 is 5.73 Å². The molecule has 1 rings (SSSR count). The summed E-state index contributed by atoms with van der Waals surface area (Å²) < 4.78 is 0. The monoisotopic (exact) mass is 309 g/mol. The van der Waals surface area contributed by atoms with Gasteiger partial charge in [0.05, 0.1) is 0 Å². The van der Waals surface area contributed by atoms with Crippen LogP contribution in [0.15, 0.2) is 85.0 Å². The largest absolute Gasteiger partial charge is 0.326 e. The fourth-order valence-electron chi connectivity index (χ4n) is 2.35. The Kier molecular flexibility index (Phi) is 11.3. The number of rotatable bonds is 8. The average Bonchev–Trinajstić information content (AvgIpc) is 2.62. The Morgan fingerprint density at radius 3 is 2.22 bits per heavy atom. The summed E-state index contributed by atoms with van der Waals surface area (Å²) in [6, 6.07) is 8.33. The Balaban J connectivity index is 0.00000232. The molecule has 124 valence electrons. The first-order chi connectivity index (χ1) is 11.2. The molecule has 0 bridgehead atoms. The third-order valence-corrected chi connectivity index (χ3v) is 3.57. The average molecular weight is 309 g/mol. The Labute approximate surface area is 142 Å². The molecule has 1 aromatic rings. The summed E-state index contributed by atoms with van der Waals surface area (Å²) in [5, 5.41) is 0. The van der Waals surface area contributed by atoms with Crippen molar-refractivity contribution in [1.29, 1.82) is 0 Å². The molecule has 0 unspecified atom stereocenters. The van der Waals surface area contributed by atoms with E-state index in [9.17, 15) is 0 Å². The molecule has 0 heterocycles. The van der Waals surface area contributed by atoms with E-state index >= 15 is 0 Å². The zero-order valence-corrected chi connectivity index (χ0v) is 14.9. The molecule has 0 aliphatic heterocycles. The van der Waals surface area contributed by atoms with E-state index in [1.54, 1.807) is 12.2 Å². The Morgan fingerprint density at radius 1 is 1.13 bits per heavy atom. The molecular weight excluding hydrogens is 278 g/mol. The molecule has 0 radical (unpaired) electrons. The van der Waals surface area contributed by atoms with Gasteiger partial charge in [-0.3, -0.25) is 0 Å². The SMILES string of the molecule is C=C/C=C(C(=C)C=C)/C(=C\C)CCc1ccccc1CN.CC. The van der Waals surface area contributed by atoms with Crippen LogP contribution in [0.1, 0.15) is 38.3 Å². The molecule has 0 aliphatic rings. The van der Waals surface area contributed by atoms with Gasteiger partial charge in [0.25, 0.3) is 0 Å². The van der Waals surface area contributed by atoms with Crippen molar-refractivity contribution in [3.8, 4) is 0 Å². The molecule has 0 aliphatic carbocycles. The Bertz CT molecular complexity index is 573. The van der Waals surface area contributed by atoms with Gasteiger partial charge in [-0.2, -0.15) is 0 Å². The highest BCUT2D eigenvalue weighted by Crippen LogP contribution is 2.24. The second kappa shape index (κ2) is 12.4. The van der Waals surface area contributed by atoms with Crippen molar-refractivity contribution in [3.63, 3.8) is 0 Å². The van der Waals surface area contributed by atoms with Gasteiger partial charge in [-0.25, -0.2) is 0 Å². The molecule has 2 N–H and O–H groups in total. The predicted molar refractivity (Wildman–Crippen MR) is 105 cm³/mol. The summed E-state index contributed by atoms with van der Waals surface area (Å²) in [5.74, 6) is 0. The van der Waals surface area contributed by atoms with E-state index in [1.807, 2.05) is 26.0 Å². The van der Waals surface area contributed by atoms with Gasteiger partial charge in [0.2, 0.25) is 0 Å². The van der Waals surface area contributed by atoms with Crippen LogP contribution in [-0.2, 0) is 13.0 Å². The first-order valence-electron chi connectivity index (χ1n) is 8.24. The summed E-state index contributed by atoms with van der Waals surface area (Å²) in [4.78, 5) is 0. The third kappa shape index (κ3) is 6.66. The smallest absolute Gasteiger partial charge is 0.0180 e. The van der Waals surface area contributed by atoms with Crippen LogP contribution in [0.5, 0.6) is 0 Å². The van der Waals surface area contributed by atoms with Gasteiger partial charge in [-0.15, -0.1) is 0 Å². The minimum Gasteiger partial charge on any atom is -0.326 e. The molecule has 0 fully saturated rings. The summed E-state index contributed by atoms with van der Waals surface area (Å²) in [5.41, 5.74) is 11.6. The van der Waals surface area contributed by atoms with E-state index in [2.05, 4.69) is 50.9 Å². The lowest BCUT2D eigenvalue weighted by Gasteiger charge is -2.13. The summed E-state index contributed by atoms with van der Waals surface area (Å²) in [7, 11) is 0. The highest BCUT2D eigenvalue weighted by Gasteiger charge is 2.07. The molecule has 0 spiro atoms. The lowest BCUT2D eigenvalue weighted by molar-refractivity contribution is 0.915. The first-order valence-corrected chi connectivity index (χ1v) is 8.24. The van der Waals surface area contributed by atoms with Crippen LogP contribution < -0.4 is 5.73 Å². The molecule has 1 heteroatoms. The molecule has 0 saturated carbocycles. The predicted octanol–water partition coefficient (Wildman–Crippen LogP) is 5.91. The Morgan fingerprint density at radius 2 is 1.74 bits per heavy atom. The van der Waals surface area contributed by atoms with Crippen LogP contribution >= 0.6 is 0 Å². The van der Waals surface area contributed by atoms with Crippen LogP contribution in [-0.4, -0.2) is 0 Å². The van der Waals surface area contributed by atoms with Crippen LogP contribution in [0.2, 0.25) is 0 Å². The summed E-state index contributed by atoms with van der Waals surface area (Å²) in [6.45, 7) is 18.3. The topological polar surface area (TPSA) is 26.0 Å². The number of hydrogen-bond acceptors (Lipinski definition) is 1. The maximum atomic E-state index is 5.80. The van der Waals surface area contributed by atoms with Crippen LogP contribution in [0.4, 0.5) is 0 Å². The van der Waals surface area contributed by atoms with Crippen molar-refractivity contribution < 1.29 is 0 Å². The standard InChI is InChI=1S/C20H25N.C2H6/c1-5-10-20(16(4)6-2)17(7-3)13-14-18-11-8-9-12-19(18)15-21;1-2/h5-12H,1-2,4,13-15,21H2,3H3;1-2H3/b17-7-,20-10+;. The normalized spacial score (nSPS) is 11.3. The van der Waals surface area contributed by atoms with E-state index in [4.69, 9.17) is 5.73 Å². The van der Waals surface area contributed by atoms with Crippen molar-refractivity contribution in [2.45, 2.75) is 40.2 Å². The second-order valence-corrected chi connectivity index (χ2v) is 4.83. The molecular formula is C22H31N. The molecule has 1 nitrogen and oxygen atoms in total. The lowest BCUT2D eigenvalue weighted by atomic mass is 9.92. The quantitative estimate of drug-likeness (QED) is 0.594. The highest BCUT2D eigenvalue weighted by molar-refractivity contribution is 5.51. The number of benzene rings is 1. The van der Waals surface area contributed by atoms with Crippen LogP contribution in [0, 0.1) is 0 Å². The number of nitrogens with two attached hydrogens (primary N) is 1. The number of aryl methyl sites for hydroxylation is 1. The summed E-state index contributed by atoms with van der Waals surface area (Å²) >= 11 is 0.